The first-order valence-electron chi connectivity index (χ1n) is 10.5. The van der Waals surface area contributed by atoms with Crippen LogP contribution >= 0.6 is 0 Å². The van der Waals surface area contributed by atoms with Crippen LogP contribution in [0.4, 0.5) is 20.3 Å². The molecule has 0 aromatic carbocycles. The smallest absolute Gasteiger partial charge is 0.259 e. The first-order valence-corrected chi connectivity index (χ1v) is 12.0. The number of nitrogens with zero attached hydrogens (tertiary/aromatic N) is 3. The van der Waals surface area contributed by atoms with E-state index in [-0.39, 0.29) is 42.2 Å². The number of amides is 1. The predicted molar refractivity (Wildman–Crippen MR) is 116 cm³/mol. The molecule has 1 aliphatic heterocycles. The van der Waals surface area contributed by atoms with Gasteiger partial charge in [0.2, 0.25) is 0 Å². The minimum absolute atomic E-state index is 0.0906. The van der Waals surface area contributed by atoms with E-state index in [0.717, 1.165) is 30.5 Å². The van der Waals surface area contributed by atoms with Crippen LogP contribution < -0.4 is 15.4 Å². The topological polar surface area (TPSA) is 118 Å². The van der Waals surface area contributed by atoms with Gasteiger partial charge >= 0.3 is 0 Å². The predicted octanol–water partition coefficient (Wildman–Crippen LogP) is 3.19. The molecule has 0 spiro atoms. The van der Waals surface area contributed by atoms with Crippen LogP contribution in [0.15, 0.2) is 29.4 Å². The minimum Gasteiger partial charge on any atom is -0.355 e. The van der Waals surface area contributed by atoms with Crippen molar-refractivity contribution in [3.05, 3.63) is 41.2 Å². The molecule has 0 atom stereocenters. The molecule has 32 heavy (non-hydrogen) atoms. The molecule has 1 saturated heterocycles. The molecule has 1 aliphatic carbocycles. The lowest BCUT2D eigenvalue weighted by Crippen LogP contribution is -2.40. The van der Waals surface area contributed by atoms with E-state index in [9.17, 15) is 22.0 Å². The van der Waals surface area contributed by atoms with E-state index in [4.69, 9.17) is 5.14 Å². The zero-order valence-corrected chi connectivity index (χ0v) is 18.5. The van der Waals surface area contributed by atoms with Gasteiger partial charge in [0.25, 0.3) is 21.9 Å². The molecule has 0 bridgehead atoms. The van der Waals surface area contributed by atoms with Crippen molar-refractivity contribution in [2.75, 3.05) is 23.3 Å². The Morgan fingerprint density at radius 1 is 1.25 bits per heavy atom. The van der Waals surface area contributed by atoms with Crippen molar-refractivity contribution in [1.82, 2.24) is 9.97 Å². The molecule has 2 aromatic rings. The second-order valence-corrected chi connectivity index (χ2v) is 9.90. The number of aryl methyl sites for hydroxylation is 1. The number of nitrogens with one attached hydrogen (secondary N) is 1. The van der Waals surface area contributed by atoms with Gasteiger partial charge in [-0.1, -0.05) is 6.42 Å². The van der Waals surface area contributed by atoms with Gasteiger partial charge in [-0.2, -0.15) is 0 Å². The number of pyridine rings is 2. The second kappa shape index (κ2) is 8.36. The molecule has 3 N–H and O–H groups in total. The van der Waals surface area contributed by atoms with Gasteiger partial charge in [0.1, 0.15) is 5.82 Å². The van der Waals surface area contributed by atoms with E-state index in [1.807, 2.05) is 6.92 Å². The van der Waals surface area contributed by atoms with E-state index < -0.39 is 21.9 Å². The molecule has 3 heterocycles. The molecule has 2 aromatic heterocycles. The summed E-state index contributed by atoms with van der Waals surface area (Å²) in [6, 6.07) is 4.41. The highest BCUT2D eigenvalue weighted by molar-refractivity contribution is 7.89. The van der Waals surface area contributed by atoms with Gasteiger partial charge in [-0.05, 0) is 43.4 Å². The number of primary sulfonamides is 1. The lowest BCUT2D eigenvalue weighted by molar-refractivity contribution is -0.0221. The number of rotatable bonds is 5. The van der Waals surface area contributed by atoms with Crippen LogP contribution in [0.3, 0.4) is 0 Å². The van der Waals surface area contributed by atoms with E-state index in [1.165, 1.54) is 18.3 Å². The van der Waals surface area contributed by atoms with Gasteiger partial charge in [-0.15, -0.1) is 0 Å². The SMILES string of the molecule is Cc1nc(N2CCC(F)(F)CC2)c(C(=O)Nc2ccnc(S(N)(=O)=O)c2)cc1C1CCC1. The van der Waals surface area contributed by atoms with Crippen molar-refractivity contribution in [3.8, 4) is 0 Å². The van der Waals surface area contributed by atoms with E-state index >= 15 is 0 Å². The molecule has 0 unspecified atom stereocenters. The van der Waals surface area contributed by atoms with Crippen molar-refractivity contribution in [2.24, 2.45) is 5.14 Å². The van der Waals surface area contributed by atoms with Gasteiger partial charge in [0.05, 0.1) is 5.56 Å². The molecule has 2 aliphatic rings. The van der Waals surface area contributed by atoms with Crippen molar-refractivity contribution in [1.29, 1.82) is 0 Å². The molecule has 8 nitrogen and oxygen atoms in total. The van der Waals surface area contributed by atoms with Gasteiger partial charge in [-0.25, -0.2) is 32.3 Å². The highest BCUT2D eigenvalue weighted by Gasteiger charge is 2.36. The first-order chi connectivity index (χ1) is 15.0. The Labute approximate surface area is 185 Å². The Balaban J connectivity index is 1.68. The van der Waals surface area contributed by atoms with Gasteiger partial charge in [-0.3, -0.25) is 4.79 Å². The van der Waals surface area contributed by atoms with E-state index in [1.54, 1.807) is 11.0 Å². The van der Waals surface area contributed by atoms with Crippen molar-refractivity contribution in [3.63, 3.8) is 0 Å². The zero-order chi connectivity index (χ0) is 23.1. The Hall–Kier alpha value is -2.66. The number of nitrogens with two attached hydrogens (primary N) is 1. The average Bonchev–Trinajstić information content (AvgIpc) is 2.67. The Kier molecular flexibility index (Phi) is 5.89. The molecule has 0 radical (unpaired) electrons. The molecule has 172 valence electrons. The minimum atomic E-state index is -4.04. The normalized spacial score (nSPS) is 18.8. The Morgan fingerprint density at radius 2 is 1.94 bits per heavy atom. The summed E-state index contributed by atoms with van der Waals surface area (Å²) in [5, 5.41) is 7.43. The standard InChI is InChI=1S/C21H25F2N5O3S/c1-13-16(14-3-2-4-14)12-17(19(26-13)28-9-6-21(22,23)7-10-28)20(29)27-15-5-8-25-18(11-15)32(24,30)31/h5,8,11-12,14H,2-4,6-7,9-10H2,1H3,(H2,24,30,31)(H,25,27,29). The second-order valence-electron chi connectivity index (χ2n) is 8.39. The molecular weight excluding hydrogens is 440 g/mol. The van der Waals surface area contributed by atoms with Crippen LogP contribution in [-0.4, -0.2) is 43.3 Å². The fourth-order valence-electron chi connectivity index (χ4n) is 4.04. The van der Waals surface area contributed by atoms with Gasteiger partial charge in [0, 0.05) is 49.6 Å². The lowest BCUT2D eigenvalue weighted by atomic mass is 9.79. The number of sulfonamides is 1. The maximum Gasteiger partial charge on any atom is 0.259 e. The summed E-state index contributed by atoms with van der Waals surface area (Å²) in [5.74, 6) is -2.54. The number of anilines is 2. The van der Waals surface area contributed by atoms with Crippen molar-refractivity contribution < 1.29 is 22.0 Å². The quantitative estimate of drug-likeness (QED) is 0.700. The number of piperidine rings is 1. The number of aromatic nitrogens is 2. The van der Waals surface area contributed by atoms with Crippen LogP contribution in [-0.2, 0) is 10.0 Å². The van der Waals surface area contributed by atoms with Crippen LogP contribution in [0, 0.1) is 6.92 Å². The Morgan fingerprint density at radius 3 is 2.53 bits per heavy atom. The van der Waals surface area contributed by atoms with Crippen molar-refractivity contribution >= 4 is 27.4 Å². The fraction of sp³-hybridized carbons (Fsp3) is 0.476. The summed E-state index contributed by atoms with van der Waals surface area (Å²) in [4.78, 5) is 23.3. The summed E-state index contributed by atoms with van der Waals surface area (Å²) in [5.41, 5.74) is 2.25. The number of hydrogen-bond donors (Lipinski definition) is 2. The maximum atomic E-state index is 13.7. The van der Waals surface area contributed by atoms with E-state index in [0.29, 0.717) is 11.7 Å². The summed E-state index contributed by atoms with van der Waals surface area (Å²) < 4.78 is 50.5. The number of carbonyl (C=O) groups is 1. The number of halogens is 2. The summed E-state index contributed by atoms with van der Waals surface area (Å²) in [6.45, 7) is 2.05. The molecule has 1 amide bonds. The zero-order valence-electron chi connectivity index (χ0n) is 17.6. The van der Waals surface area contributed by atoms with Crippen LogP contribution in [0.2, 0.25) is 0 Å². The lowest BCUT2D eigenvalue weighted by Gasteiger charge is -2.34. The average molecular weight is 466 g/mol. The van der Waals surface area contributed by atoms with E-state index in [2.05, 4.69) is 15.3 Å². The highest BCUT2D eigenvalue weighted by Crippen LogP contribution is 2.40. The number of carbonyl (C=O) groups excluding carboxylic acids is 1. The third-order valence-electron chi connectivity index (χ3n) is 6.10. The highest BCUT2D eigenvalue weighted by atomic mass is 32.2. The van der Waals surface area contributed by atoms with Gasteiger partial charge < -0.3 is 10.2 Å². The maximum absolute atomic E-state index is 13.7. The fourth-order valence-corrected chi connectivity index (χ4v) is 4.53. The van der Waals surface area contributed by atoms with Crippen LogP contribution in [0.1, 0.15) is 59.6 Å². The number of hydrogen-bond acceptors (Lipinski definition) is 6. The molecular formula is C21H25F2N5O3S. The summed E-state index contributed by atoms with van der Waals surface area (Å²) in [7, 11) is -4.04. The summed E-state index contributed by atoms with van der Waals surface area (Å²) >= 11 is 0. The van der Waals surface area contributed by atoms with Crippen molar-refractivity contribution in [2.45, 2.75) is 55.9 Å². The molecule has 4 rings (SSSR count). The largest absolute Gasteiger partial charge is 0.355 e. The van der Waals surface area contributed by atoms with Crippen LogP contribution in [0.5, 0.6) is 0 Å². The monoisotopic (exact) mass is 465 g/mol. The molecule has 2 fully saturated rings. The van der Waals surface area contributed by atoms with Gasteiger partial charge in [0.15, 0.2) is 5.03 Å². The number of alkyl halides is 2. The Bertz CT molecular complexity index is 1140. The third-order valence-corrected chi connectivity index (χ3v) is 6.91. The molecule has 1 saturated carbocycles. The first kappa shape index (κ1) is 22.5. The van der Waals surface area contributed by atoms with Crippen LogP contribution in [0.25, 0.3) is 0 Å². The molecule has 11 heteroatoms. The summed E-state index contributed by atoms with van der Waals surface area (Å²) in [6.07, 6.45) is 3.77. The third kappa shape index (κ3) is 4.73.